The molecule has 26 heavy (non-hydrogen) atoms. The molecule has 0 radical (unpaired) electrons. The molecule has 0 spiro atoms. The second-order valence-electron chi connectivity index (χ2n) is 5.56. The van der Waals surface area contributed by atoms with E-state index < -0.39 is 5.91 Å². The molecule has 0 saturated carbocycles. The summed E-state index contributed by atoms with van der Waals surface area (Å²) in [4.78, 5) is 24.6. The summed E-state index contributed by atoms with van der Waals surface area (Å²) in [5, 5.41) is 8.77. The number of nitrogens with zero attached hydrogens (tertiary/aromatic N) is 1. The fourth-order valence-electron chi connectivity index (χ4n) is 2.21. The summed E-state index contributed by atoms with van der Waals surface area (Å²) in [7, 11) is 0. The van der Waals surface area contributed by atoms with Crippen LogP contribution in [0.5, 0.6) is 0 Å². The molecule has 0 fully saturated rings. The predicted octanol–water partition coefficient (Wildman–Crippen LogP) is 4.06. The molecule has 2 heterocycles. The number of hydrogen-bond acceptors (Lipinski definition) is 5. The molecule has 0 saturated heterocycles. The lowest BCUT2D eigenvalue weighted by Gasteiger charge is -2.06. The SMILES string of the molecule is C/C(=N\NC(=O)c1ccc(C)o1)c1ccc(NC(=O)c2cccs2)cc1. The van der Waals surface area contributed by atoms with Crippen molar-refractivity contribution in [3.8, 4) is 0 Å². The van der Waals surface area contributed by atoms with Crippen LogP contribution in [0.2, 0.25) is 0 Å². The standard InChI is InChI=1S/C19H17N3O3S/c1-12-5-10-16(25-12)18(23)22-21-13(2)14-6-8-15(9-7-14)20-19(24)17-4-3-11-26-17/h3-11H,1-2H3,(H,20,24)(H,22,23)/b21-13+. The molecular weight excluding hydrogens is 350 g/mol. The Morgan fingerprint density at radius 3 is 2.42 bits per heavy atom. The molecule has 3 aromatic rings. The van der Waals surface area contributed by atoms with Crippen LogP contribution in [0.15, 0.2) is 63.4 Å². The predicted molar refractivity (Wildman–Crippen MR) is 102 cm³/mol. The lowest BCUT2D eigenvalue weighted by atomic mass is 10.1. The van der Waals surface area contributed by atoms with Gasteiger partial charge in [-0.2, -0.15) is 5.10 Å². The highest BCUT2D eigenvalue weighted by molar-refractivity contribution is 7.12. The summed E-state index contributed by atoms with van der Waals surface area (Å²) in [6.45, 7) is 3.55. The number of carbonyl (C=O) groups is 2. The molecule has 0 bridgehead atoms. The average molecular weight is 367 g/mol. The van der Waals surface area contributed by atoms with Crippen molar-refractivity contribution in [3.05, 3.63) is 75.9 Å². The highest BCUT2D eigenvalue weighted by atomic mass is 32.1. The van der Waals surface area contributed by atoms with E-state index in [1.165, 1.54) is 11.3 Å². The van der Waals surface area contributed by atoms with Crippen molar-refractivity contribution in [3.63, 3.8) is 0 Å². The van der Waals surface area contributed by atoms with Crippen LogP contribution in [-0.2, 0) is 0 Å². The number of furan rings is 1. The maximum absolute atomic E-state index is 12.0. The molecule has 0 aliphatic rings. The molecular formula is C19H17N3O3S. The third kappa shape index (κ3) is 4.25. The van der Waals surface area contributed by atoms with Gasteiger partial charge in [0.25, 0.3) is 5.91 Å². The number of carbonyl (C=O) groups excluding carboxylic acids is 2. The average Bonchev–Trinajstić information content (AvgIpc) is 3.31. The maximum atomic E-state index is 12.0. The largest absolute Gasteiger partial charge is 0.456 e. The summed E-state index contributed by atoms with van der Waals surface area (Å²) >= 11 is 1.39. The summed E-state index contributed by atoms with van der Waals surface area (Å²) in [6.07, 6.45) is 0. The minimum absolute atomic E-state index is 0.140. The van der Waals surface area contributed by atoms with Crippen molar-refractivity contribution in [2.45, 2.75) is 13.8 Å². The van der Waals surface area contributed by atoms with Gasteiger partial charge in [-0.15, -0.1) is 11.3 Å². The van der Waals surface area contributed by atoms with Crippen molar-refractivity contribution in [2.24, 2.45) is 5.10 Å². The molecule has 2 N–H and O–H groups in total. The van der Waals surface area contributed by atoms with Gasteiger partial charge in [0.1, 0.15) is 5.76 Å². The minimum Gasteiger partial charge on any atom is -0.456 e. The topological polar surface area (TPSA) is 83.7 Å². The van der Waals surface area contributed by atoms with E-state index in [0.29, 0.717) is 22.0 Å². The van der Waals surface area contributed by atoms with Gasteiger partial charge in [-0.3, -0.25) is 9.59 Å². The number of benzene rings is 1. The van der Waals surface area contributed by atoms with E-state index in [0.717, 1.165) is 5.56 Å². The number of thiophene rings is 1. The second kappa shape index (κ2) is 7.79. The zero-order chi connectivity index (χ0) is 18.5. The molecule has 7 heteroatoms. The van der Waals surface area contributed by atoms with Crippen molar-refractivity contribution in [2.75, 3.05) is 5.32 Å². The Morgan fingerprint density at radius 1 is 1.04 bits per heavy atom. The lowest BCUT2D eigenvalue weighted by Crippen LogP contribution is -2.18. The maximum Gasteiger partial charge on any atom is 0.307 e. The monoisotopic (exact) mass is 367 g/mol. The van der Waals surface area contributed by atoms with E-state index >= 15 is 0 Å². The fraction of sp³-hybridized carbons (Fsp3) is 0.105. The van der Waals surface area contributed by atoms with Crippen molar-refractivity contribution >= 4 is 34.6 Å². The zero-order valence-corrected chi connectivity index (χ0v) is 15.1. The molecule has 2 aromatic heterocycles. The molecule has 0 unspecified atom stereocenters. The van der Waals surface area contributed by atoms with E-state index in [9.17, 15) is 9.59 Å². The van der Waals surface area contributed by atoms with Crippen LogP contribution in [0.1, 0.15) is 38.5 Å². The summed E-state index contributed by atoms with van der Waals surface area (Å²) in [5.74, 6) is 0.332. The zero-order valence-electron chi connectivity index (χ0n) is 14.3. The number of rotatable bonds is 5. The Hall–Kier alpha value is -3.19. The molecule has 6 nitrogen and oxygen atoms in total. The van der Waals surface area contributed by atoms with Gasteiger partial charge in [-0.25, -0.2) is 5.43 Å². The number of hydrogen-bond donors (Lipinski definition) is 2. The summed E-state index contributed by atoms with van der Waals surface area (Å²) in [5.41, 5.74) is 4.62. The highest BCUT2D eigenvalue weighted by Gasteiger charge is 2.10. The Morgan fingerprint density at radius 2 is 1.81 bits per heavy atom. The number of hydrazone groups is 1. The van der Waals surface area contributed by atoms with Crippen LogP contribution in [0, 0.1) is 6.92 Å². The number of anilines is 1. The quantitative estimate of drug-likeness (QED) is 0.527. The minimum atomic E-state index is -0.405. The molecule has 3 rings (SSSR count). The second-order valence-corrected chi connectivity index (χ2v) is 6.50. The Balaban J connectivity index is 1.62. The van der Waals surface area contributed by atoms with Gasteiger partial charge in [0, 0.05) is 5.69 Å². The van der Waals surface area contributed by atoms with Crippen molar-refractivity contribution in [1.29, 1.82) is 0 Å². The lowest BCUT2D eigenvalue weighted by molar-refractivity contribution is 0.0925. The Labute approximate surface area is 154 Å². The van der Waals surface area contributed by atoms with Gasteiger partial charge in [-0.1, -0.05) is 18.2 Å². The molecule has 0 atom stereocenters. The van der Waals surface area contributed by atoms with Crippen LogP contribution in [0.4, 0.5) is 5.69 Å². The first-order valence-electron chi connectivity index (χ1n) is 7.89. The van der Waals surface area contributed by atoms with E-state index in [1.807, 2.05) is 23.6 Å². The summed E-state index contributed by atoms with van der Waals surface area (Å²) in [6, 6.07) is 14.2. The Bertz CT molecular complexity index is 941. The van der Waals surface area contributed by atoms with Gasteiger partial charge in [0.15, 0.2) is 5.76 Å². The fourth-order valence-corrected chi connectivity index (χ4v) is 2.82. The van der Waals surface area contributed by atoms with E-state index in [1.54, 1.807) is 44.2 Å². The normalized spacial score (nSPS) is 11.2. The van der Waals surface area contributed by atoms with Crippen LogP contribution in [-0.4, -0.2) is 17.5 Å². The highest BCUT2D eigenvalue weighted by Crippen LogP contribution is 2.14. The molecule has 0 aliphatic heterocycles. The molecule has 2 amide bonds. The van der Waals surface area contributed by atoms with Crippen LogP contribution < -0.4 is 10.7 Å². The van der Waals surface area contributed by atoms with Gasteiger partial charge in [-0.05, 0) is 55.1 Å². The van der Waals surface area contributed by atoms with Crippen LogP contribution in [0.25, 0.3) is 0 Å². The third-order valence-corrected chi connectivity index (χ3v) is 4.46. The number of nitrogens with one attached hydrogen (secondary N) is 2. The van der Waals surface area contributed by atoms with Crippen LogP contribution >= 0.6 is 11.3 Å². The van der Waals surface area contributed by atoms with Crippen LogP contribution in [0.3, 0.4) is 0 Å². The summed E-state index contributed by atoms with van der Waals surface area (Å²) < 4.78 is 5.25. The van der Waals surface area contributed by atoms with E-state index in [-0.39, 0.29) is 11.7 Å². The van der Waals surface area contributed by atoms with Gasteiger partial charge < -0.3 is 9.73 Å². The van der Waals surface area contributed by atoms with E-state index in [4.69, 9.17) is 4.42 Å². The van der Waals surface area contributed by atoms with Crippen molar-refractivity contribution < 1.29 is 14.0 Å². The first kappa shape index (κ1) is 17.6. The Kier molecular flexibility index (Phi) is 5.28. The first-order valence-corrected chi connectivity index (χ1v) is 8.77. The number of amides is 2. The van der Waals surface area contributed by atoms with Gasteiger partial charge in [0.2, 0.25) is 0 Å². The van der Waals surface area contributed by atoms with Gasteiger partial charge >= 0.3 is 5.91 Å². The number of aryl methyl sites for hydroxylation is 1. The molecule has 132 valence electrons. The smallest absolute Gasteiger partial charge is 0.307 e. The van der Waals surface area contributed by atoms with Gasteiger partial charge in [0.05, 0.1) is 10.6 Å². The molecule has 0 aliphatic carbocycles. The first-order chi connectivity index (χ1) is 12.5. The molecule has 1 aromatic carbocycles. The van der Waals surface area contributed by atoms with Crippen molar-refractivity contribution in [1.82, 2.24) is 5.43 Å². The third-order valence-electron chi connectivity index (χ3n) is 3.59. The van der Waals surface area contributed by atoms with E-state index in [2.05, 4.69) is 15.8 Å².